The number of amides is 1. The number of anilines is 2. The number of carbonyl (C=O) groups excluding carboxylic acids is 1. The Morgan fingerprint density at radius 3 is 2.26 bits per heavy atom. The minimum Gasteiger partial charge on any atom is -0.483 e. The SMILES string of the molecule is Cc1ccc(C)c(OCC(=O)Nc2ccc(N3CCN(C)CC3)cc2)c1C. The second-order valence-electron chi connectivity index (χ2n) is 7.33. The van der Waals surface area contributed by atoms with Crippen molar-refractivity contribution >= 4 is 17.3 Å². The molecule has 2 aromatic carbocycles. The van der Waals surface area contributed by atoms with Crippen LogP contribution in [0.25, 0.3) is 0 Å². The van der Waals surface area contributed by atoms with Crippen molar-refractivity contribution in [2.75, 3.05) is 50.1 Å². The van der Waals surface area contributed by atoms with Gasteiger partial charge in [0, 0.05) is 37.6 Å². The molecular weight excluding hydrogens is 338 g/mol. The molecule has 27 heavy (non-hydrogen) atoms. The fraction of sp³-hybridized carbons (Fsp3) is 0.409. The Bertz CT molecular complexity index is 794. The Morgan fingerprint density at radius 2 is 1.59 bits per heavy atom. The molecule has 2 aromatic rings. The molecule has 5 heteroatoms. The Hall–Kier alpha value is -2.53. The van der Waals surface area contributed by atoms with Gasteiger partial charge in [-0.25, -0.2) is 0 Å². The standard InChI is InChI=1S/C22H29N3O2/c1-16-5-6-17(2)22(18(16)3)27-15-21(26)23-19-7-9-20(10-8-19)25-13-11-24(4)12-14-25/h5-10H,11-15H2,1-4H3,(H,23,26). The van der Waals surface area contributed by atoms with Crippen molar-refractivity contribution < 1.29 is 9.53 Å². The van der Waals surface area contributed by atoms with Crippen LogP contribution in [0.5, 0.6) is 5.75 Å². The first-order valence-corrected chi connectivity index (χ1v) is 9.47. The summed E-state index contributed by atoms with van der Waals surface area (Å²) >= 11 is 0. The van der Waals surface area contributed by atoms with Crippen LogP contribution in [0.4, 0.5) is 11.4 Å². The lowest BCUT2D eigenvalue weighted by Crippen LogP contribution is -2.44. The largest absolute Gasteiger partial charge is 0.483 e. The molecule has 0 saturated carbocycles. The molecule has 0 radical (unpaired) electrons. The Morgan fingerprint density at radius 1 is 0.963 bits per heavy atom. The van der Waals surface area contributed by atoms with E-state index in [2.05, 4.69) is 40.4 Å². The molecule has 1 saturated heterocycles. The van der Waals surface area contributed by atoms with Crippen molar-refractivity contribution in [1.29, 1.82) is 0 Å². The van der Waals surface area contributed by atoms with E-state index in [1.165, 1.54) is 5.69 Å². The lowest BCUT2D eigenvalue weighted by Gasteiger charge is -2.34. The molecule has 0 bridgehead atoms. The molecule has 5 nitrogen and oxygen atoms in total. The second kappa shape index (κ2) is 8.44. The molecule has 0 unspecified atom stereocenters. The van der Waals surface area contributed by atoms with Crippen LogP contribution in [0.3, 0.4) is 0 Å². The second-order valence-corrected chi connectivity index (χ2v) is 7.33. The molecule has 0 aliphatic carbocycles. The lowest BCUT2D eigenvalue weighted by molar-refractivity contribution is -0.118. The first-order chi connectivity index (χ1) is 12.9. The number of nitrogens with zero attached hydrogens (tertiary/aromatic N) is 2. The first-order valence-electron chi connectivity index (χ1n) is 9.47. The van der Waals surface area contributed by atoms with Crippen molar-refractivity contribution in [3.8, 4) is 5.75 Å². The quantitative estimate of drug-likeness (QED) is 0.880. The molecule has 3 rings (SSSR count). The minimum atomic E-state index is -0.150. The van der Waals surface area contributed by atoms with Gasteiger partial charge in [0.15, 0.2) is 6.61 Å². The summed E-state index contributed by atoms with van der Waals surface area (Å²) in [6, 6.07) is 12.1. The van der Waals surface area contributed by atoms with Crippen molar-refractivity contribution in [3.63, 3.8) is 0 Å². The van der Waals surface area contributed by atoms with Crippen LogP contribution in [0, 0.1) is 20.8 Å². The molecule has 1 fully saturated rings. The van der Waals surface area contributed by atoms with Gasteiger partial charge < -0.3 is 19.9 Å². The lowest BCUT2D eigenvalue weighted by atomic mass is 10.1. The number of rotatable bonds is 5. The van der Waals surface area contributed by atoms with Gasteiger partial charge in [0.05, 0.1) is 0 Å². The maximum absolute atomic E-state index is 12.3. The predicted octanol–water partition coefficient (Wildman–Crippen LogP) is 3.38. The van der Waals surface area contributed by atoms with Crippen molar-refractivity contribution in [2.24, 2.45) is 0 Å². The first kappa shape index (κ1) is 19.2. The number of benzene rings is 2. The predicted molar refractivity (Wildman–Crippen MR) is 111 cm³/mol. The topological polar surface area (TPSA) is 44.8 Å². The molecule has 1 heterocycles. The van der Waals surface area contributed by atoms with E-state index < -0.39 is 0 Å². The number of likely N-dealkylation sites (N-methyl/N-ethyl adjacent to an activating group) is 1. The maximum atomic E-state index is 12.3. The fourth-order valence-electron chi connectivity index (χ4n) is 3.30. The van der Waals surface area contributed by atoms with Gasteiger partial charge in [0.1, 0.15) is 5.75 Å². The minimum absolute atomic E-state index is 0.00530. The van der Waals surface area contributed by atoms with E-state index in [0.29, 0.717) is 0 Å². The van der Waals surface area contributed by atoms with Crippen LogP contribution in [0.1, 0.15) is 16.7 Å². The van der Waals surface area contributed by atoms with Gasteiger partial charge in [-0.05, 0) is 68.8 Å². The highest BCUT2D eigenvalue weighted by molar-refractivity contribution is 5.92. The average Bonchev–Trinajstić information content (AvgIpc) is 2.66. The summed E-state index contributed by atoms with van der Waals surface area (Å²) in [5.41, 5.74) is 5.28. The van der Waals surface area contributed by atoms with Crippen molar-refractivity contribution in [1.82, 2.24) is 4.90 Å². The summed E-state index contributed by atoms with van der Waals surface area (Å²) in [6.07, 6.45) is 0. The summed E-state index contributed by atoms with van der Waals surface area (Å²) in [4.78, 5) is 17.0. The highest BCUT2D eigenvalue weighted by Crippen LogP contribution is 2.25. The highest BCUT2D eigenvalue weighted by atomic mass is 16.5. The molecule has 1 aliphatic heterocycles. The third kappa shape index (κ3) is 4.80. The Kier molecular flexibility index (Phi) is 6.01. The summed E-state index contributed by atoms with van der Waals surface area (Å²) in [7, 11) is 2.15. The summed E-state index contributed by atoms with van der Waals surface area (Å²) < 4.78 is 5.79. The fourth-order valence-corrected chi connectivity index (χ4v) is 3.30. The molecule has 1 amide bonds. The molecule has 0 atom stereocenters. The number of nitrogens with one attached hydrogen (secondary N) is 1. The van der Waals surface area contributed by atoms with E-state index in [-0.39, 0.29) is 12.5 Å². The third-order valence-corrected chi connectivity index (χ3v) is 5.24. The molecule has 0 aromatic heterocycles. The van der Waals surface area contributed by atoms with Gasteiger partial charge in [-0.2, -0.15) is 0 Å². The van der Waals surface area contributed by atoms with E-state index in [1.807, 2.05) is 39.0 Å². The summed E-state index contributed by atoms with van der Waals surface area (Å²) in [5.74, 6) is 0.651. The van der Waals surface area contributed by atoms with Crippen LogP contribution in [-0.4, -0.2) is 50.6 Å². The molecule has 0 spiro atoms. The zero-order valence-electron chi connectivity index (χ0n) is 16.7. The zero-order valence-corrected chi connectivity index (χ0v) is 16.7. The number of aryl methyl sites for hydroxylation is 2. The smallest absolute Gasteiger partial charge is 0.262 e. The average molecular weight is 367 g/mol. The Labute approximate surface area is 161 Å². The van der Waals surface area contributed by atoms with Gasteiger partial charge >= 0.3 is 0 Å². The number of piperazine rings is 1. The van der Waals surface area contributed by atoms with Crippen LogP contribution in [0.2, 0.25) is 0 Å². The van der Waals surface area contributed by atoms with Gasteiger partial charge in [-0.15, -0.1) is 0 Å². The van der Waals surface area contributed by atoms with Gasteiger partial charge in [-0.1, -0.05) is 12.1 Å². The van der Waals surface area contributed by atoms with Gasteiger partial charge in [-0.3, -0.25) is 4.79 Å². The van der Waals surface area contributed by atoms with E-state index in [4.69, 9.17) is 4.74 Å². The molecule has 1 N–H and O–H groups in total. The maximum Gasteiger partial charge on any atom is 0.262 e. The van der Waals surface area contributed by atoms with Crippen LogP contribution < -0.4 is 15.0 Å². The number of carbonyl (C=O) groups is 1. The van der Waals surface area contributed by atoms with Crippen LogP contribution in [0.15, 0.2) is 36.4 Å². The van der Waals surface area contributed by atoms with Gasteiger partial charge in [0.25, 0.3) is 5.91 Å². The van der Waals surface area contributed by atoms with Crippen molar-refractivity contribution in [2.45, 2.75) is 20.8 Å². The van der Waals surface area contributed by atoms with E-state index >= 15 is 0 Å². The Balaban J connectivity index is 1.55. The number of ether oxygens (including phenoxy) is 1. The van der Waals surface area contributed by atoms with Crippen molar-refractivity contribution in [3.05, 3.63) is 53.1 Å². The highest BCUT2D eigenvalue weighted by Gasteiger charge is 2.14. The monoisotopic (exact) mass is 367 g/mol. The third-order valence-electron chi connectivity index (χ3n) is 5.24. The normalized spacial score (nSPS) is 14.9. The van der Waals surface area contributed by atoms with E-state index in [0.717, 1.165) is 54.3 Å². The molecule has 1 aliphatic rings. The summed E-state index contributed by atoms with van der Waals surface area (Å²) in [6.45, 7) is 10.3. The van der Waals surface area contributed by atoms with Gasteiger partial charge in [0.2, 0.25) is 0 Å². The molecule has 144 valence electrons. The van der Waals surface area contributed by atoms with Crippen LogP contribution in [-0.2, 0) is 4.79 Å². The van der Waals surface area contributed by atoms with E-state index in [9.17, 15) is 4.79 Å². The number of hydrogen-bond acceptors (Lipinski definition) is 4. The molecular formula is C22H29N3O2. The zero-order chi connectivity index (χ0) is 19.4. The summed E-state index contributed by atoms with van der Waals surface area (Å²) in [5, 5.41) is 2.91. The van der Waals surface area contributed by atoms with E-state index in [1.54, 1.807) is 0 Å². The number of hydrogen-bond donors (Lipinski definition) is 1. The van der Waals surface area contributed by atoms with Crippen LogP contribution >= 0.6 is 0 Å².